The number of benzene rings is 1. The summed E-state index contributed by atoms with van der Waals surface area (Å²) in [5.74, 6) is 0.768. The van der Waals surface area contributed by atoms with Crippen LogP contribution < -0.4 is 10.6 Å². The zero-order valence-electron chi connectivity index (χ0n) is 12.5. The third-order valence-corrected chi connectivity index (χ3v) is 6.30. The first-order valence-electron chi connectivity index (χ1n) is 7.20. The molecule has 1 aromatic rings. The maximum absolute atomic E-state index is 12.2. The lowest BCUT2D eigenvalue weighted by Gasteiger charge is -2.32. The molecule has 1 heterocycles. The molecule has 2 N–H and O–H groups in total. The van der Waals surface area contributed by atoms with Crippen LogP contribution in [0.25, 0.3) is 0 Å². The maximum atomic E-state index is 12.2. The van der Waals surface area contributed by atoms with Gasteiger partial charge in [-0.2, -0.15) is 0 Å². The highest BCUT2D eigenvalue weighted by Gasteiger charge is 2.23. The number of nitrogens with two attached hydrogens (primary N) is 1. The summed E-state index contributed by atoms with van der Waals surface area (Å²) in [4.78, 5) is 2.53. The zero-order valence-corrected chi connectivity index (χ0v) is 13.3. The molecule has 0 unspecified atom stereocenters. The summed E-state index contributed by atoms with van der Waals surface area (Å²) >= 11 is 0. The van der Waals surface area contributed by atoms with E-state index in [1.165, 1.54) is 12.8 Å². The summed E-state index contributed by atoms with van der Waals surface area (Å²) in [7, 11) is -3.31. The number of hydrogen-bond acceptors (Lipinski definition) is 4. The summed E-state index contributed by atoms with van der Waals surface area (Å²) in [6.45, 7) is 7.64. The molecule has 20 heavy (non-hydrogen) atoms. The van der Waals surface area contributed by atoms with E-state index in [-0.39, 0.29) is 4.90 Å². The van der Waals surface area contributed by atoms with Gasteiger partial charge in [0.2, 0.25) is 0 Å². The number of sulfone groups is 1. The average Bonchev–Trinajstić information content (AvgIpc) is 2.39. The zero-order chi connectivity index (χ0) is 14.9. The quantitative estimate of drug-likeness (QED) is 0.871. The number of piperidine rings is 1. The van der Waals surface area contributed by atoms with Crippen LogP contribution in [0, 0.1) is 5.92 Å². The molecule has 1 aliphatic heterocycles. The molecule has 1 fully saturated rings. The average molecular weight is 296 g/mol. The second-order valence-corrected chi connectivity index (χ2v) is 8.46. The molecule has 0 atom stereocenters. The molecule has 5 heteroatoms. The minimum absolute atomic E-state index is 0.252. The lowest BCUT2D eigenvalue weighted by atomic mass is 9.99. The first-order chi connectivity index (χ1) is 9.32. The molecule has 2 rings (SSSR count). The van der Waals surface area contributed by atoms with Gasteiger partial charge in [-0.05, 0) is 50.8 Å². The predicted octanol–water partition coefficient (Wildman–Crippen LogP) is 2.69. The summed E-state index contributed by atoms with van der Waals surface area (Å²) < 4.78 is 24.4. The standard InChI is InChI=1S/C15H24N2O2S/c1-11(2)20(18,19)15-5-4-13(10-14(15)16)17-8-6-12(3)7-9-17/h4-5,10-12H,6-9,16H2,1-3H3. The Kier molecular flexibility index (Phi) is 4.28. The summed E-state index contributed by atoms with van der Waals surface area (Å²) in [6.07, 6.45) is 2.35. The SMILES string of the molecule is CC1CCN(c2ccc(S(=O)(=O)C(C)C)c(N)c2)CC1. The Morgan fingerprint density at radius 2 is 1.85 bits per heavy atom. The van der Waals surface area contributed by atoms with E-state index in [4.69, 9.17) is 5.73 Å². The maximum Gasteiger partial charge on any atom is 0.182 e. The number of nitrogens with zero attached hydrogens (tertiary/aromatic N) is 1. The molecule has 0 aliphatic carbocycles. The van der Waals surface area contributed by atoms with Crippen molar-refractivity contribution < 1.29 is 8.42 Å². The van der Waals surface area contributed by atoms with Gasteiger partial charge in [-0.15, -0.1) is 0 Å². The van der Waals surface area contributed by atoms with Crippen LogP contribution in [0.15, 0.2) is 23.1 Å². The normalized spacial score (nSPS) is 17.7. The lowest BCUT2D eigenvalue weighted by Crippen LogP contribution is -2.32. The van der Waals surface area contributed by atoms with Crippen molar-refractivity contribution in [2.75, 3.05) is 23.7 Å². The second kappa shape index (κ2) is 5.64. The first kappa shape index (κ1) is 15.2. The monoisotopic (exact) mass is 296 g/mol. The predicted molar refractivity (Wildman–Crippen MR) is 83.8 cm³/mol. The molecule has 112 valence electrons. The topological polar surface area (TPSA) is 63.4 Å². The molecule has 1 aromatic carbocycles. The number of nitrogen functional groups attached to an aromatic ring is 1. The van der Waals surface area contributed by atoms with Crippen LogP contribution in [-0.4, -0.2) is 26.8 Å². The van der Waals surface area contributed by atoms with E-state index < -0.39 is 15.1 Å². The molecule has 0 spiro atoms. The van der Waals surface area contributed by atoms with Crippen molar-refractivity contribution >= 4 is 21.2 Å². The molecule has 0 radical (unpaired) electrons. The largest absolute Gasteiger partial charge is 0.398 e. The van der Waals surface area contributed by atoms with Gasteiger partial charge >= 0.3 is 0 Å². The van der Waals surface area contributed by atoms with Crippen molar-refractivity contribution in [2.45, 2.75) is 43.8 Å². The van der Waals surface area contributed by atoms with Crippen molar-refractivity contribution in [1.29, 1.82) is 0 Å². The van der Waals surface area contributed by atoms with Crippen LogP contribution in [0.3, 0.4) is 0 Å². The van der Waals surface area contributed by atoms with Gasteiger partial charge in [0, 0.05) is 18.8 Å². The van der Waals surface area contributed by atoms with Crippen LogP contribution in [0.4, 0.5) is 11.4 Å². The Morgan fingerprint density at radius 3 is 2.35 bits per heavy atom. The molecular weight excluding hydrogens is 272 g/mol. The van der Waals surface area contributed by atoms with E-state index in [1.54, 1.807) is 26.0 Å². The fourth-order valence-electron chi connectivity index (χ4n) is 2.51. The van der Waals surface area contributed by atoms with Gasteiger partial charge < -0.3 is 10.6 Å². The Hall–Kier alpha value is -1.23. The lowest BCUT2D eigenvalue weighted by molar-refractivity contribution is 0.438. The van der Waals surface area contributed by atoms with Crippen molar-refractivity contribution in [2.24, 2.45) is 5.92 Å². The number of rotatable bonds is 3. The van der Waals surface area contributed by atoms with Crippen LogP contribution in [-0.2, 0) is 9.84 Å². The molecular formula is C15H24N2O2S. The van der Waals surface area contributed by atoms with E-state index >= 15 is 0 Å². The fourth-order valence-corrected chi connectivity index (χ4v) is 3.67. The third-order valence-electron chi connectivity index (χ3n) is 4.07. The Labute approximate surface area is 121 Å². The fraction of sp³-hybridized carbons (Fsp3) is 0.600. The number of hydrogen-bond donors (Lipinski definition) is 1. The molecule has 0 bridgehead atoms. The van der Waals surface area contributed by atoms with Gasteiger partial charge in [-0.25, -0.2) is 8.42 Å². The summed E-state index contributed by atoms with van der Waals surface area (Å²) in [5, 5.41) is -0.452. The van der Waals surface area contributed by atoms with E-state index in [1.807, 2.05) is 6.07 Å². The Morgan fingerprint density at radius 1 is 1.25 bits per heavy atom. The van der Waals surface area contributed by atoms with E-state index in [0.29, 0.717) is 5.69 Å². The molecule has 0 amide bonds. The van der Waals surface area contributed by atoms with E-state index in [9.17, 15) is 8.42 Å². The molecule has 0 aromatic heterocycles. The molecule has 1 saturated heterocycles. The van der Waals surface area contributed by atoms with Gasteiger partial charge in [0.1, 0.15) is 0 Å². The number of anilines is 2. The highest BCUT2D eigenvalue weighted by Crippen LogP contribution is 2.29. The van der Waals surface area contributed by atoms with Gasteiger partial charge in [-0.1, -0.05) is 6.92 Å². The van der Waals surface area contributed by atoms with E-state index in [2.05, 4.69) is 11.8 Å². The van der Waals surface area contributed by atoms with Gasteiger partial charge in [0.05, 0.1) is 15.8 Å². The highest BCUT2D eigenvalue weighted by atomic mass is 32.2. The molecule has 4 nitrogen and oxygen atoms in total. The first-order valence-corrected chi connectivity index (χ1v) is 8.75. The molecule has 0 saturated carbocycles. The smallest absolute Gasteiger partial charge is 0.182 e. The second-order valence-electron chi connectivity index (χ2n) is 5.99. The van der Waals surface area contributed by atoms with Crippen molar-refractivity contribution in [1.82, 2.24) is 0 Å². The molecule has 1 aliphatic rings. The van der Waals surface area contributed by atoms with Crippen molar-refractivity contribution in [3.05, 3.63) is 18.2 Å². The van der Waals surface area contributed by atoms with Crippen molar-refractivity contribution in [3.63, 3.8) is 0 Å². The summed E-state index contributed by atoms with van der Waals surface area (Å²) in [5.41, 5.74) is 7.35. The Bertz CT molecular complexity index is 574. The minimum atomic E-state index is -3.31. The van der Waals surface area contributed by atoms with Crippen LogP contribution in [0.2, 0.25) is 0 Å². The third kappa shape index (κ3) is 2.92. The Balaban J connectivity index is 2.27. The van der Waals surface area contributed by atoms with Gasteiger partial charge in [-0.3, -0.25) is 0 Å². The summed E-state index contributed by atoms with van der Waals surface area (Å²) in [6, 6.07) is 5.32. The van der Waals surface area contributed by atoms with Gasteiger partial charge in [0.15, 0.2) is 9.84 Å². The van der Waals surface area contributed by atoms with Crippen LogP contribution in [0.5, 0.6) is 0 Å². The van der Waals surface area contributed by atoms with Crippen LogP contribution >= 0.6 is 0 Å². The minimum Gasteiger partial charge on any atom is -0.398 e. The van der Waals surface area contributed by atoms with Gasteiger partial charge in [0.25, 0.3) is 0 Å². The van der Waals surface area contributed by atoms with Crippen LogP contribution in [0.1, 0.15) is 33.6 Å². The highest BCUT2D eigenvalue weighted by molar-refractivity contribution is 7.92. The van der Waals surface area contributed by atoms with Crippen molar-refractivity contribution in [3.8, 4) is 0 Å². The van der Waals surface area contributed by atoms with E-state index in [0.717, 1.165) is 24.7 Å².